The van der Waals surface area contributed by atoms with Crippen molar-refractivity contribution in [3.63, 3.8) is 0 Å². The lowest BCUT2D eigenvalue weighted by Crippen LogP contribution is -2.31. The fourth-order valence-electron chi connectivity index (χ4n) is 3.59. The van der Waals surface area contributed by atoms with Gasteiger partial charge in [-0.15, -0.1) is 0 Å². The normalized spacial score (nSPS) is 15.3. The molecule has 1 aromatic heterocycles. The molecule has 0 unspecified atom stereocenters. The lowest BCUT2D eigenvalue weighted by molar-refractivity contribution is -0.120. The van der Waals surface area contributed by atoms with Crippen molar-refractivity contribution < 1.29 is 14.3 Å². The van der Waals surface area contributed by atoms with Crippen LogP contribution < -0.4 is 25.0 Å². The van der Waals surface area contributed by atoms with Crippen molar-refractivity contribution in [2.45, 2.75) is 32.6 Å². The molecule has 4 rings (SSSR count). The monoisotopic (exact) mass is 397 g/mol. The first kappa shape index (κ1) is 19.3. The molecular weight excluding hydrogens is 370 g/mol. The van der Waals surface area contributed by atoms with Gasteiger partial charge in [0.25, 0.3) is 0 Å². The Labute approximate surface area is 170 Å². The SMILES string of the molecule is Cc1cc(N2CCCCC2)nc(NCCNC(=O)Cc2ccc3c(c2)OCO3)n1. The van der Waals surface area contributed by atoms with E-state index in [0.29, 0.717) is 31.2 Å². The molecule has 0 spiro atoms. The van der Waals surface area contributed by atoms with E-state index in [-0.39, 0.29) is 12.7 Å². The number of nitrogens with one attached hydrogen (secondary N) is 2. The molecule has 0 saturated carbocycles. The second kappa shape index (κ2) is 8.98. The minimum Gasteiger partial charge on any atom is -0.454 e. The molecular formula is C21H27N5O3. The van der Waals surface area contributed by atoms with Gasteiger partial charge in [0.15, 0.2) is 11.5 Å². The van der Waals surface area contributed by atoms with Crippen LogP contribution in [0.25, 0.3) is 0 Å². The Hall–Kier alpha value is -3.03. The summed E-state index contributed by atoms with van der Waals surface area (Å²) in [6.07, 6.45) is 4.01. The molecule has 2 N–H and O–H groups in total. The Morgan fingerprint density at radius 3 is 2.76 bits per heavy atom. The zero-order valence-electron chi connectivity index (χ0n) is 16.7. The second-order valence-electron chi connectivity index (χ2n) is 7.38. The predicted molar refractivity (Wildman–Crippen MR) is 111 cm³/mol. The van der Waals surface area contributed by atoms with Crippen molar-refractivity contribution in [3.05, 3.63) is 35.5 Å². The van der Waals surface area contributed by atoms with Crippen LogP contribution in [0.15, 0.2) is 24.3 Å². The Bertz CT molecular complexity index is 867. The van der Waals surface area contributed by atoms with Crippen molar-refractivity contribution in [3.8, 4) is 11.5 Å². The van der Waals surface area contributed by atoms with Gasteiger partial charge in [0.05, 0.1) is 6.42 Å². The third-order valence-electron chi connectivity index (χ3n) is 5.05. The maximum Gasteiger partial charge on any atom is 0.231 e. The van der Waals surface area contributed by atoms with E-state index in [1.165, 1.54) is 19.3 Å². The largest absolute Gasteiger partial charge is 0.454 e. The molecule has 1 fully saturated rings. The van der Waals surface area contributed by atoms with Gasteiger partial charge < -0.3 is 25.0 Å². The standard InChI is InChI=1S/C21H27N5O3/c1-15-11-19(26-9-3-2-4-10-26)25-21(24-15)23-8-7-22-20(27)13-16-5-6-17-18(12-16)29-14-28-17/h5-6,11-12H,2-4,7-10,13-14H2,1H3,(H,22,27)(H,23,24,25). The molecule has 0 bridgehead atoms. The highest BCUT2D eigenvalue weighted by molar-refractivity contribution is 5.78. The first-order valence-electron chi connectivity index (χ1n) is 10.2. The lowest BCUT2D eigenvalue weighted by Gasteiger charge is -2.28. The number of ether oxygens (including phenoxy) is 2. The molecule has 0 aliphatic carbocycles. The number of benzene rings is 1. The summed E-state index contributed by atoms with van der Waals surface area (Å²) in [5.41, 5.74) is 1.84. The van der Waals surface area contributed by atoms with Crippen molar-refractivity contribution in [2.75, 3.05) is 43.2 Å². The minimum atomic E-state index is -0.0372. The van der Waals surface area contributed by atoms with E-state index < -0.39 is 0 Å². The molecule has 29 heavy (non-hydrogen) atoms. The Balaban J connectivity index is 1.24. The van der Waals surface area contributed by atoms with Crippen LogP contribution >= 0.6 is 0 Å². The third-order valence-corrected chi connectivity index (χ3v) is 5.05. The molecule has 0 radical (unpaired) electrons. The maximum atomic E-state index is 12.2. The first-order valence-corrected chi connectivity index (χ1v) is 10.2. The van der Waals surface area contributed by atoms with Gasteiger partial charge in [-0.05, 0) is 43.9 Å². The number of amides is 1. The summed E-state index contributed by atoms with van der Waals surface area (Å²) in [6, 6.07) is 7.60. The molecule has 8 heteroatoms. The van der Waals surface area contributed by atoms with Crippen LogP contribution in [0.3, 0.4) is 0 Å². The summed E-state index contributed by atoms with van der Waals surface area (Å²) in [7, 11) is 0. The number of fused-ring (bicyclic) bond motifs is 1. The molecule has 3 heterocycles. The van der Waals surface area contributed by atoms with Gasteiger partial charge >= 0.3 is 0 Å². The average molecular weight is 397 g/mol. The number of aryl methyl sites for hydroxylation is 1. The fraction of sp³-hybridized carbons (Fsp3) is 0.476. The summed E-state index contributed by atoms with van der Waals surface area (Å²) in [4.78, 5) is 23.6. The van der Waals surface area contributed by atoms with Crippen molar-refractivity contribution >= 4 is 17.7 Å². The van der Waals surface area contributed by atoms with Crippen LogP contribution in [0.5, 0.6) is 11.5 Å². The molecule has 2 aliphatic heterocycles. The fourth-order valence-corrected chi connectivity index (χ4v) is 3.59. The highest BCUT2D eigenvalue weighted by Crippen LogP contribution is 2.32. The summed E-state index contributed by atoms with van der Waals surface area (Å²) >= 11 is 0. The van der Waals surface area contributed by atoms with Crippen LogP contribution in [0.1, 0.15) is 30.5 Å². The van der Waals surface area contributed by atoms with Crippen LogP contribution in [0, 0.1) is 6.92 Å². The number of carbonyl (C=O) groups excluding carboxylic acids is 1. The number of nitrogens with zero attached hydrogens (tertiary/aromatic N) is 3. The van der Waals surface area contributed by atoms with Crippen molar-refractivity contribution in [2.24, 2.45) is 0 Å². The van der Waals surface area contributed by atoms with Gasteiger partial charge in [-0.1, -0.05) is 6.07 Å². The number of carbonyl (C=O) groups is 1. The number of aromatic nitrogens is 2. The van der Waals surface area contributed by atoms with E-state index in [2.05, 4.69) is 25.5 Å². The second-order valence-corrected chi connectivity index (χ2v) is 7.38. The molecule has 8 nitrogen and oxygen atoms in total. The van der Waals surface area contributed by atoms with Gasteiger partial charge in [-0.3, -0.25) is 4.79 Å². The number of rotatable bonds is 7. The third kappa shape index (κ3) is 5.07. The Morgan fingerprint density at radius 1 is 1.07 bits per heavy atom. The van der Waals surface area contributed by atoms with E-state index in [1.807, 2.05) is 31.2 Å². The zero-order valence-corrected chi connectivity index (χ0v) is 16.7. The quantitative estimate of drug-likeness (QED) is 0.693. The first-order chi connectivity index (χ1) is 14.2. The highest BCUT2D eigenvalue weighted by Gasteiger charge is 2.15. The molecule has 2 aliphatic rings. The van der Waals surface area contributed by atoms with Crippen LogP contribution in [-0.2, 0) is 11.2 Å². The maximum absolute atomic E-state index is 12.2. The van der Waals surface area contributed by atoms with E-state index >= 15 is 0 Å². The van der Waals surface area contributed by atoms with E-state index in [1.54, 1.807) is 0 Å². The van der Waals surface area contributed by atoms with Crippen LogP contribution in [0.4, 0.5) is 11.8 Å². The van der Waals surface area contributed by atoms with Crippen LogP contribution in [0.2, 0.25) is 0 Å². The van der Waals surface area contributed by atoms with Crippen molar-refractivity contribution in [1.29, 1.82) is 0 Å². The molecule has 1 amide bonds. The van der Waals surface area contributed by atoms with Crippen LogP contribution in [-0.4, -0.2) is 48.8 Å². The minimum absolute atomic E-state index is 0.0372. The topological polar surface area (TPSA) is 88.6 Å². The molecule has 1 aromatic carbocycles. The highest BCUT2D eigenvalue weighted by atomic mass is 16.7. The summed E-state index contributed by atoms with van der Waals surface area (Å²) in [5.74, 6) is 2.96. The molecule has 1 saturated heterocycles. The number of hydrogen-bond acceptors (Lipinski definition) is 7. The Kier molecular flexibility index (Phi) is 5.97. The average Bonchev–Trinajstić information content (AvgIpc) is 3.19. The Morgan fingerprint density at radius 2 is 1.90 bits per heavy atom. The van der Waals surface area contributed by atoms with E-state index in [0.717, 1.165) is 35.9 Å². The molecule has 154 valence electrons. The summed E-state index contributed by atoms with van der Waals surface area (Å²) in [6.45, 7) is 5.37. The van der Waals surface area contributed by atoms with Gasteiger partial charge in [-0.25, -0.2) is 4.98 Å². The predicted octanol–water partition coefficient (Wildman–Crippen LogP) is 2.27. The lowest BCUT2D eigenvalue weighted by atomic mass is 10.1. The van der Waals surface area contributed by atoms with E-state index in [9.17, 15) is 4.79 Å². The van der Waals surface area contributed by atoms with Gasteiger partial charge in [-0.2, -0.15) is 4.98 Å². The smallest absolute Gasteiger partial charge is 0.231 e. The van der Waals surface area contributed by atoms with E-state index in [4.69, 9.17) is 9.47 Å². The number of anilines is 2. The van der Waals surface area contributed by atoms with Crippen molar-refractivity contribution in [1.82, 2.24) is 15.3 Å². The zero-order chi connectivity index (χ0) is 20.1. The number of hydrogen-bond donors (Lipinski definition) is 2. The van der Waals surface area contributed by atoms with Gasteiger partial charge in [0, 0.05) is 37.9 Å². The van der Waals surface area contributed by atoms with Gasteiger partial charge in [0.1, 0.15) is 5.82 Å². The van der Waals surface area contributed by atoms with Gasteiger partial charge in [0.2, 0.25) is 18.6 Å². The number of piperidine rings is 1. The summed E-state index contributed by atoms with van der Waals surface area (Å²) < 4.78 is 10.6. The molecule has 0 atom stereocenters. The summed E-state index contributed by atoms with van der Waals surface area (Å²) in [5, 5.41) is 6.14. The molecule has 2 aromatic rings.